The van der Waals surface area contributed by atoms with Crippen molar-refractivity contribution in [3.63, 3.8) is 0 Å². The normalized spacial score (nSPS) is 23.5. The number of rotatable bonds is 4. The zero-order valence-electron chi connectivity index (χ0n) is 15.5. The molecule has 1 aliphatic rings. The van der Waals surface area contributed by atoms with E-state index in [1.54, 1.807) is 20.8 Å². The molecular weight excluding hydrogens is 276 g/mol. The first kappa shape index (κ1) is 19.2. The third-order valence-corrected chi connectivity index (χ3v) is 4.98. The largest absolute Gasteiger partial charge is 0.392 e. The maximum absolute atomic E-state index is 12.3. The molecular formula is C19H34O3. The van der Waals surface area contributed by atoms with Crippen molar-refractivity contribution < 1.29 is 14.3 Å². The molecule has 22 heavy (non-hydrogen) atoms. The van der Waals surface area contributed by atoms with Gasteiger partial charge in [-0.1, -0.05) is 26.7 Å². The maximum atomic E-state index is 12.3. The van der Waals surface area contributed by atoms with E-state index < -0.39 is 16.8 Å². The highest BCUT2D eigenvalue weighted by Gasteiger charge is 2.37. The van der Waals surface area contributed by atoms with Crippen LogP contribution in [0.4, 0.5) is 0 Å². The molecule has 0 heterocycles. The molecule has 1 saturated carbocycles. The van der Waals surface area contributed by atoms with Crippen molar-refractivity contribution in [3.8, 4) is 0 Å². The monoisotopic (exact) mass is 310 g/mol. The quantitative estimate of drug-likeness (QED) is 0.543. The average molecular weight is 310 g/mol. The number of carbonyl (C=O) groups excluding carboxylic acids is 2. The summed E-state index contributed by atoms with van der Waals surface area (Å²) < 4.78 is 5.10. The molecule has 3 heteroatoms. The fraction of sp³-hybridized carbons (Fsp3) is 0.895. The highest BCUT2D eigenvalue weighted by Crippen LogP contribution is 2.39. The van der Waals surface area contributed by atoms with Crippen LogP contribution in [-0.4, -0.2) is 11.9 Å². The van der Waals surface area contributed by atoms with Crippen LogP contribution in [0.3, 0.4) is 0 Å². The molecule has 0 aliphatic heterocycles. The smallest absolute Gasteiger partial charge is 0.319 e. The minimum Gasteiger partial charge on any atom is -0.392 e. The Morgan fingerprint density at radius 3 is 1.86 bits per heavy atom. The number of ether oxygens (including phenoxy) is 1. The summed E-state index contributed by atoms with van der Waals surface area (Å²) in [6.45, 7) is 13.7. The summed E-state index contributed by atoms with van der Waals surface area (Å²) in [5, 5.41) is 0. The van der Waals surface area contributed by atoms with E-state index in [-0.39, 0.29) is 5.97 Å². The predicted molar refractivity (Wildman–Crippen MR) is 89.2 cm³/mol. The SMILES string of the molecule is CC(C)C1CCC(CC(C)(C)C(=O)OC(=O)C(C)(C)C)CC1. The Morgan fingerprint density at radius 2 is 1.45 bits per heavy atom. The van der Waals surface area contributed by atoms with E-state index in [9.17, 15) is 9.59 Å². The molecule has 0 atom stereocenters. The van der Waals surface area contributed by atoms with Gasteiger partial charge in [-0.25, -0.2) is 0 Å². The van der Waals surface area contributed by atoms with Gasteiger partial charge in [-0.15, -0.1) is 0 Å². The Bertz CT molecular complexity index is 393. The van der Waals surface area contributed by atoms with Crippen LogP contribution < -0.4 is 0 Å². The number of hydrogen-bond acceptors (Lipinski definition) is 3. The van der Waals surface area contributed by atoms with Crippen molar-refractivity contribution in [2.45, 2.75) is 80.6 Å². The highest BCUT2D eigenvalue weighted by atomic mass is 16.6. The van der Waals surface area contributed by atoms with Gasteiger partial charge >= 0.3 is 11.9 Å². The molecule has 0 aromatic carbocycles. The second-order valence-electron chi connectivity index (χ2n) is 9.04. The Balaban J connectivity index is 2.53. The molecule has 0 N–H and O–H groups in total. The summed E-state index contributed by atoms with van der Waals surface area (Å²) in [4.78, 5) is 24.2. The van der Waals surface area contributed by atoms with Gasteiger partial charge in [-0.05, 0) is 71.6 Å². The fourth-order valence-corrected chi connectivity index (χ4v) is 3.24. The minimum atomic E-state index is -0.638. The van der Waals surface area contributed by atoms with E-state index in [1.165, 1.54) is 25.7 Å². The van der Waals surface area contributed by atoms with E-state index in [1.807, 2.05) is 13.8 Å². The highest BCUT2D eigenvalue weighted by molar-refractivity contribution is 5.90. The molecule has 0 aromatic rings. The van der Waals surface area contributed by atoms with Gasteiger partial charge in [0, 0.05) is 0 Å². The third-order valence-electron chi connectivity index (χ3n) is 4.98. The van der Waals surface area contributed by atoms with Gasteiger partial charge in [0.1, 0.15) is 0 Å². The maximum Gasteiger partial charge on any atom is 0.319 e. The van der Waals surface area contributed by atoms with Crippen LogP contribution in [0.5, 0.6) is 0 Å². The van der Waals surface area contributed by atoms with Crippen molar-refractivity contribution in [1.82, 2.24) is 0 Å². The zero-order valence-corrected chi connectivity index (χ0v) is 15.5. The summed E-state index contributed by atoms with van der Waals surface area (Å²) in [5.74, 6) is 1.34. The van der Waals surface area contributed by atoms with Gasteiger partial charge in [-0.2, -0.15) is 0 Å². The topological polar surface area (TPSA) is 43.4 Å². The fourth-order valence-electron chi connectivity index (χ4n) is 3.24. The third kappa shape index (κ3) is 5.40. The number of carbonyl (C=O) groups is 2. The van der Waals surface area contributed by atoms with Crippen LogP contribution in [0.1, 0.15) is 80.6 Å². The summed E-state index contributed by atoms with van der Waals surface area (Å²) >= 11 is 0. The average Bonchev–Trinajstić information content (AvgIpc) is 2.37. The molecule has 0 radical (unpaired) electrons. The molecule has 0 aromatic heterocycles. The lowest BCUT2D eigenvalue weighted by Crippen LogP contribution is -2.35. The van der Waals surface area contributed by atoms with E-state index >= 15 is 0 Å². The van der Waals surface area contributed by atoms with Crippen molar-refractivity contribution in [1.29, 1.82) is 0 Å². The van der Waals surface area contributed by atoms with Gasteiger partial charge in [0.15, 0.2) is 0 Å². The van der Waals surface area contributed by atoms with Gasteiger partial charge in [0.2, 0.25) is 0 Å². The molecule has 0 amide bonds. The standard InChI is InChI=1S/C19H34O3/c1-13(2)15-10-8-14(9-11-15)12-19(6,7)17(21)22-16(20)18(3,4)5/h13-15H,8-12H2,1-7H3. The Morgan fingerprint density at radius 1 is 0.955 bits per heavy atom. The van der Waals surface area contributed by atoms with E-state index in [0.717, 1.165) is 18.3 Å². The summed E-state index contributed by atoms with van der Waals surface area (Å²) in [6.07, 6.45) is 5.70. The predicted octanol–water partition coefficient (Wildman–Crippen LogP) is 4.98. The number of hydrogen-bond donors (Lipinski definition) is 0. The number of esters is 2. The Kier molecular flexibility index (Phi) is 6.23. The molecule has 0 bridgehead atoms. The first-order valence-corrected chi connectivity index (χ1v) is 8.70. The molecule has 0 spiro atoms. The van der Waals surface area contributed by atoms with Gasteiger partial charge < -0.3 is 4.74 Å². The van der Waals surface area contributed by atoms with E-state index in [0.29, 0.717) is 5.92 Å². The molecule has 3 nitrogen and oxygen atoms in total. The zero-order chi connectivity index (χ0) is 17.1. The molecule has 1 fully saturated rings. The Hall–Kier alpha value is -0.860. The van der Waals surface area contributed by atoms with Crippen LogP contribution in [0, 0.1) is 28.6 Å². The lowest BCUT2D eigenvalue weighted by molar-refractivity contribution is -0.172. The lowest BCUT2D eigenvalue weighted by atomic mass is 9.71. The van der Waals surface area contributed by atoms with Crippen molar-refractivity contribution >= 4 is 11.9 Å². The Labute approximate surface area is 136 Å². The molecule has 0 saturated heterocycles. The lowest BCUT2D eigenvalue weighted by Gasteiger charge is -2.34. The first-order valence-electron chi connectivity index (χ1n) is 8.70. The van der Waals surface area contributed by atoms with Crippen LogP contribution in [0.15, 0.2) is 0 Å². The molecule has 0 unspecified atom stereocenters. The van der Waals surface area contributed by atoms with E-state index in [2.05, 4.69) is 13.8 Å². The summed E-state index contributed by atoms with van der Waals surface area (Å²) in [7, 11) is 0. The van der Waals surface area contributed by atoms with E-state index in [4.69, 9.17) is 4.74 Å². The van der Waals surface area contributed by atoms with Gasteiger partial charge in [-0.3, -0.25) is 9.59 Å². The summed E-state index contributed by atoms with van der Waals surface area (Å²) in [6, 6.07) is 0. The summed E-state index contributed by atoms with van der Waals surface area (Å²) in [5.41, 5.74) is -1.22. The van der Waals surface area contributed by atoms with Gasteiger partial charge in [0.05, 0.1) is 10.8 Å². The van der Waals surface area contributed by atoms with Crippen molar-refractivity contribution in [2.75, 3.05) is 0 Å². The van der Waals surface area contributed by atoms with Crippen molar-refractivity contribution in [2.24, 2.45) is 28.6 Å². The van der Waals surface area contributed by atoms with Crippen LogP contribution >= 0.6 is 0 Å². The molecule has 128 valence electrons. The molecule has 1 rings (SSSR count). The minimum absolute atomic E-state index is 0.376. The van der Waals surface area contributed by atoms with Crippen LogP contribution in [0.2, 0.25) is 0 Å². The van der Waals surface area contributed by atoms with Crippen LogP contribution in [-0.2, 0) is 14.3 Å². The first-order chi connectivity index (χ1) is 9.93. The van der Waals surface area contributed by atoms with Gasteiger partial charge in [0.25, 0.3) is 0 Å². The second kappa shape index (κ2) is 7.14. The second-order valence-corrected chi connectivity index (χ2v) is 9.04. The van der Waals surface area contributed by atoms with Crippen LogP contribution in [0.25, 0.3) is 0 Å². The molecule has 1 aliphatic carbocycles. The van der Waals surface area contributed by atoms with Crippen molar-refractivity contribution in [3.05, 3.63) is 0 Å².